The van der Waals surface area contributed by atoms with Crippen LogP contribution in [0.5, 0.6) is 23.0 Å². The second-order valence-corrected chi connectivity index (χ2v) is 22.1. The van der Waals surface area contributed by atoms with Gasteiger partial charge in [0.2, 0.25) is 0 Å². The van der Waals surface area contributed by atoms with Crippen LogP contribution in [0.2, 0.25) is 0 Å². The predicted octanol–water partition coefficient (Wildman–Crippen LogP) is 16.2. The van der Waals surface area contributed by atoms with Crippen LogP contribution in [0.3, 0.4) is 0 Å². The van der Waals surface area contributed by atoms with Crippen LogP contribution in [-0.4, -0.2) is 78.7 Å². The summed E-state index contributed by atoms with van der Waals surface area (Å²) < 4.78 is 279. The van der Waals surface area contributed by atoms with Crippen LogP contribution < -0.4 is 14.2 Å². The molecule has 0 radical (unpaired) electrons. The Morgan fingerprint density at radius 3 is 0.701 bits per heavy atom. The van der Waals surface area contributed by atoms with Crippen molar-refractivity contribution in [3.8, 4) is 161 Å². The number of hydrogen-bond donors (Lipinski definition) is 0. The van der Waals surface area contributed by atoms with Gasteiger partial charge in [-0.1, -0.05) is 18.2 Å². The molecule has 0 N–H and O–H groups in total. The maximum atomic E-state index is 10.4. The molecule has 0 aliphatic carbocycles. The number of alkyl halides is 24. The minimum Gasteiger partial charge on any atom is -0.497 e. The summed E-state index contributed by atoms with van der Waals surface area (Å²) in [5.74, 6) is 41.9. The van der Waals surface area contributed by atoms with Crippen molar-refractivity contribution in [1.82, 2.24) is 0 Å². The number of benzene rings is 4. The summed E-state index contributed by atoms with van der Waals surface area (Å²) in [7, 11) is 3.11. The summed E-state index contributed by atoms with van der Waals surface area (Å²) in [5, 5.41) is 0. The van der Waals surface area contributed by atoms with Gasteiger partial charge in [-0.15, -0.1) is 0 Å². The molecule has 4 aromatic rings. The number of terminal acetylenes is 4. The molecule has 0 bridgehead atoms. The quantitative estimate of drug-likeness (QED) is 0.0799. The molecule has 29 heteroatoms. The largest absolute Gasteiger partial charge is 0.497 e. The van der Waals surface area contributed by atoms with Gasteiger partial charge in [-0.3, -0.25) is 0 Å². The van der Waals surface area contributed by atoms with E-state index in [-0.39, 0.29) is 16.6 Å². The molecule has 0 fully saturated rings. The fraction of sp³-hybridized carbons (Fsp3) is 0.172. The van der Waals surface area contributed by atoms with E-state index in [0.29, 0.717) is 0 Å². The van der Waals surface area contributed by atoms with Crippen molar-refractivity contribution >= 4 is 25.9 Å². The van der Waals surface area contributed by atoms with Gasteiger partial charge >= 0.3 is 203 Å². The number of halogens is 24. The van der Waals surface area contributed by atoms with Crippen molar-refractivity contribution in [2.45, 2.75) is 64.1 Å². The van der Waals surface area contributed by atoms with Gasteiger partial charge in [0.25, 0.3) is 0 Å². The van der Waals surface area contributed by atoms with Crippen LogP contribution >= 0.6 is 0 Å². The molecule has 0 spiro atoms. The average molecular weight is 1340 g/mol. The molecule has 0 saturated heterocycles. The Kier molecular flexibility index (Phi) is 33.7. The van der Waals surface area contributed by atoms with Crippen LogP contribution in [0, 0.1) is 138 Å². The smallest absolute Gasteiger partial charge is 0.487 e. The summed E-state index contributed by atoms with van der Waals surface area (Å²) in [6, 6.07) is 34.7. The van der Waals surface area contributed by atoms with Gasteiger partial charge in [0.05, 0.1) is 25.1 Å². The molecular formula is C58H35F24GaO3S. The van der Waals surface area contributed by atoms with E-state index in [4.69, 9.17) is 39.9 Å². The summed E-state index contributed by atoms with van der Waals surface area (Å²) in [4.78, 5) is 3.65. The summed E-state index contributed by atoms with van der Waals surface area (Å²) in [5.41, 5.74) is 0. The Balaban J connectivity index is -0.000000264. The van der Waals surface area contributed by atoms with Crippen LogP contribution in [-0.2, 0) is 10.9 Å². The minimum atomic E-state index is -6.06. The van der Waals surface area contributed by atoms with Gasteiger partial charge in [-0.05, 0) is 84.9 Å². The number of para-hydroxylation sites is 1. The molecule has 3 nitrogen and oxygen atoms in total. The molecular weight excluding hydrogens is 1300 g/mol. The maximum absolute atomic E-state index is 10.4. The van der Waals surface area contributed by atoms with Crippen LogP contribution in [0.4, 0.5) is 105 Å². The number of rotatable bonds is 7. The van der Waals surface area contributed by atoms with Crippen molar-refractivity contribution in [3.63, 3.8) is 0 Å². The first kappa shape index (κ1) is 79.4. The Morgan fingerprint density at radius 2 is 0.506 bits per heavy atom. The topological polar surface area (TPSA) is 27.7 Å². The molecule has 87 heavy (non-hydrogen) atoms. The molecule has 0 saturated carbocycles. The fourth-order valence-electron chi connectivity index (χ4n) is 4.16. The van der Waals surface area contributed by atoms with E-state index in [0.717, 1.165) is 23.0 Å². The zero-order valence-corrected chi connectivity index (χ0v) is 46.1. The van der Waals surface area contributed by atoms with Gasteiger partial charge in [0.15, 0.2) is 14.7 Å². The summed E-state index contributed by atoms with van der Waals surface area (Å²) >= 11 is -3.91. The normalized spacial score (nSPS) is 10.4. The van der Waals surface area contributed by atoms with Crippen LogP contribution in [0.15, 0.2) is 118 Å². The summed E-state index contributed by atoms with van der Waals surface area (Å²) in [6.45, 7) is 0. The van der Waals surface area contributed by atoms with E-state index < -0.39 is 64.4 Å². The molecule has 0 amide bonds. The number of ether oxygens (including phenoxy) is 3. The second kappa shape index (κ2) is 36.9. The van der Waals surface area contributed by atoms with Crippen LogP contribution in [0.25, 0.3) is 0 Å². The van der Waals surface area contributed by atoms with E-state index in [2.05, 4.69) is 149 Å². The maximum Gasteiger partial charge on any atom is 0.487 e. The van der Waals surface area contributed by atoms with Gasteiger partial charge in [-0.25, -0.2) is 0 Å². The SMILES string of the molecule is C#CC#CC#[C][Ga-]([C]#CC#CC#C)([C]#CC#CC#C)[C]#CC#CC#C.COc1ccc([S+](c2ccc(OC)cc2)c2ccc(Oc3ccccc3)cc2)cc1.FC(F)(F)C(F)(F)F.FC(F)(F)C(F)(F)F.FC(F)(F)C(F)(F)F.FC(F)(F)C(F)(F)F.[HH].[HH].[HH].[HH]. The number of hydrogen-bond acceptors (Lipinski definition) is 3. The third kappa shape index (κ3) is 33.4. The summed E-state index contributed by atoms with van der Waals surface area (Å²) in [6.07, 6.45) is -28.3. The first-order valence-electron chi connectivity index (χ1n) is 21.5. The van der Waals surface area contributed by atoms with E-state index in [1.165, 1.54) is 14.7 Å². The van der Waals surface area contributed by atoms with Gasteiger partial charge in [0, 0.05) is 5.71 Å². The molecule has 0 unspecified atom stereocenters. The molecule has 0 aliphatic rings. The predicted molar refractivity (Wildman–Crippen MR) is 281 cm³/mol. The molecule has 462 valence electrons. The van der Waals surface area contributed by atoms with Crippen molar-refractivity contribution < 1.29 is 125 Å². The van der Waals surface area contributed by atoms with Crippen molar-refractivity contribution in [2.24, 2.45) is 0 Å². The zero-order chi connectivity index (χ0) is 67.4. The van der Waals surface area contributed by atoms with Gasteiger partial charge in [-0.2, -0.15) is 105 Å². The van der Waals surface area contributed by atoms with E-state index in [1.807, 2.05) is 66.7 Å². The first-order chi connectivity index (χ1) is 40.0. The molecule has 0 atom stereocenters. The number of methoxy groups -OCH3 is 2. The van der Waals surface area contributed by atoms with E-state index in [9.17, 15) is 105 Å². The molecule has 4 aromatic carbocycles. The van der Waals surface area contributed by atoms with Gasteiger partial charge < -0.3 is 14.2 Å². The van der Waals surface area contributed by atoms with Gasteiger partial charge in [0.1, 0.15) is 23.0 Å². The second-order valence-electron chi connectivity index (χ2n) is 14.0. The minimum absolute atomic E-state index is 0. The molecule has 0 heterocycles. The molecule has 0 aromatic heterocycles. The Bertz CT molecular complexity index is 3170. The monoisotopic (exact) mass is 1340 g/mol. The third-order valence-electron chi connectivity index (χ3n) is 7.86. The average Bonchev–Trinajstić information content (AvgIpc) is 2.46. The van der Waals surface area contributed by atoms with E-state index in [1.54, 1.807) is 14.2 Å². The third-order valence-corrected chi connectivity index (χ3v) is 14.9. The fourth-order valence-corrected chi connectivity index (χ4v) is 9.54. The Morgan fingerprint density at radius 1 is 0.299 bits per heavy atom. The van der Waals surface area contributed by atoms with E-state index >= 15 is 0 Å². The van der Waals surface area contributed by atoms with Crippen molar-refractivity contribution in [3.05, 3.63) is 103 Å². The Labute approximate surface area is 492 Å². The Hall–Kier alpha value is -9.69. The van der Waals surface area contributed by atoms with Crippen molar-refractivity contribution in [1.29, 1.82) is 0 Å². The van der Waals surface area contributed by atoms with Crippen molar-refractivity contribution in [2.75, 3.05) is 14.2 Å². The van der Waals surface area contributed by atoms with Crippen LogP contribution in [0.1, 0.15) is 5.71 Å². The first-order valence-corrected chi connectivity index (χ1v) is 27.5. The molecule has 4 rings (SSSR count). The zero-order valence-electron chi connectivity index (χ0n) is 42.9. The standard InChI is InChI=1S/C26H23O3S.4C6H.4C2F6.Ga.4H2/c1-27-20-8-14-24(15-9-20)30(25-16-10-21(28-2)11-17-25)26-18-12-23(13-19-26)29-22-6-4-3-5-7-22;4*1-3-5-6-4-2;4*3-1(4,5)2(6,7)8;;;;;/h3-19H,1-2H3;4*1H;;;;;;4*1H/q+1;;;;;;;;;-1;;;;. The molecule has 0 aliphatic heterocycles.